The highest BCUT2D eigenvalue weighted by molar-refractivity contribution is 5.91. The molecule has 1 heterocycles. The van der Waals surface area contributed by atoms with Gasteiger partial charge in [-0.1, -0.05) is 0 Å². The van der Waals surface area contributed by atoms with Crippen LogP contribution in [0.4, 0.5) is 5.82 Å². The molecule has 102 valence electrons. The molecule has 1 aromatic heterocycles. The molecule has 0 aromatic carbocycles. The van der Waals surface area contributed by atoms with Gasteiger partial charge in [0.25, 0.3) is 0 Å². The second kappa shape index (κ2) is 7.00. The van der Waals surface area contributed by atoms with Gasteiger partial charge in [0.15, 0.2) is 5.69 Å². The summed E-state index contributed by atoms with van der Waals surface area (Å²) in [6.45, 7) is 5.47. The lowest BCUT2D eigenvalue weighted by Gasteiger charge is -2.08. The maximum absolute atomic E-state index is 11.3. The van der Waals surface area contributed by atoms with Gasteiger partial charge in [-0.15, -0.1) is 0 Å². The second-order valence-electron chi connectivity index (χ2n) is 4.29. The Hall–Kier alpha value is -1.56. The van der Waals surface area contributed by atoms with Crippen LogP contribution in [0.5, 0.6) is 0 Å². The van der Waals surface area contributed by atoms with Crippen molar-refractivity contribution < 1.29 is 14.3 Å². The van der Waals surface area contributed by atoms with E-state index in [1.807, 2.05) is 13.8 Å². The zero-order valence-electron chi connectivity index (χ0n) is 11.2. The van der Waals surface area contributed by atoms with Gasteiger partial charge in [-0.25, -0.2) is 9.78 Å². The van der Waals surface area contributed by atoms with Crippen molar-refractivity contribution in [2.75, 3.05) is 19.5 Å². The molecule has 0 radical (unpaired) electrons. The molecule has 0 aliphatic heterocycles. The van der Waals surface area contributed by atoms with Crippen LogP contribution in [-0.2, 0) is 16.0 Å². The van der Waals surface area contributed by atoms with Gasteiger partial charge in [0.2, 0.25) is 0 Å². The highest BCUT2D eigenvalue weighted by Crippen LogP contribution is 2.12. The molecular weight excluding hydrogens is 234 g/mol. The summed E-state index contributed by atoms with van der Waals surface area (Å²) in [7, 11) is 1.31. The minimum Gasteiger partial charge on any atom is -0.464 e. The fraction of sp³-hybridized carbons (Fsp3) is 0.667. The standard InChI is InChI=1S/C12H21N3O3/c1-9(2)18-7-5-4-6-15-8-14-10(11(15)13)12(16)17-3/h8-9H,4-7,13H2,1-3H3. The third-order valence-electron chi connectivity index (χ3n) is 2.50. The number of carbonyl (C=O) groups excluding carboxylic acids is 1. The molecule has 6 nitrogen and oxygen atoms in total. The molecule has 0 aliphatic carbocycles. The minimum atomic E-state index is -0.505. The molecular formula is C12H21N3O3. The fourth-order valence-corrected chi connectivity index (χ4v) is 1.53. The van der Waals surface area contributed by atoms with E-state index >= 15 is 0 Å². The van der Waals surface area contributed by atoms with Gasteiger partial charge in [-0.3, -0.25) is 0 Å². The molecule has 0 saturated carbocycles. The monoisotopic (exact) mass is 255 g/mol. The van der Waals surface area contributed by atoms with Gasteiger partial charge >= 0.3 is 5.97 Å². The second-order valence-corrected chi connectivity index (χ2v) is 4.29. The molecule has 0 bridgehead atoms. The molecule has 1 rings (SSSR count). The van der Waals surface area contributed by atoms with Crippen LogP contribution in [0.15, 0.2) is 6.33 Å². The first-order valence-electron chi connectivity index (χ1n) is 6.06. The largest absolute Gasteiger partial charge is 0.464 e. The highest BCUT2D eigenvalue weighted by atomic mass is 16.5. The maximum Gasteiger partial charge on any atom is 0.360 e. The number of carbonyl (C=O) groups is 1. The van der Waals surface area contributed by atoms with E-state index in [4.69, 9.17) is 10.5 Å². The number of rotatable bonds is 7. The number of aromatic nitrogens is 2. The van der Waals surface area contributed by atoms with Crippen LogP contribution in [-0.4, -0.2) is 35.3 Å². The molecule has 2 N–H and O–H groups in total. The number of nitrogens with two attached hydrogens (primary N) is 1. The molecule has 18 heavy (non-hydrogen) atoms. The number of hydrogen-bond acceptors (Lipinski definition) is 5. The van der Waals surface area contributed by atoms with Crippen LogP contribution in [0.2, 0.25) is 0 Å². The molecule has 0 amide bonds. The number of nitrogen functional groups attached to an aromatic ring is 1. The van der Waals surface area contributed by atoms with Crippen LogP contribution in [0.3, 0.4) is 0 Å². The number of ether oxygens (including phenoxy) is 2. The summed E-state index contributed by atoms with van der Waals surface area (Å²) >= 11 is 0. The lowest BCUT2D eigenvalue weighted by Crippen LogP contribution is -2.09. The van der Waals surface area contributed by atoms with E-state index in [2.05, 4.69) is 9.72 Å². The van der Waals surface area contributed by atoms with E-state index in [0.717, 1.165) is 26.0 Å². The van der Waals surface area contributed by atoms with Crippen molar-refractivity contribution in [2.45, 2.75) is 39.3 Å². The van der Waals surface area contributed by atoms with Crippen molar-refractivity contribution in [3.63, 3.8) is 0 Å². The number of anilines is 1. The molecule has 6 heteroatoms. The smallest absolute Gasteiger partial charge is 0.360 e. The number of methoxy groups -OCH3 is 1. The fourth-order valence-electron chi connectivity index (χ4n) is 1.53. The van der Waals surface area contributed by atoms with E-state index in [9.17, 15) is 4.79 Å². The lowest BCUT2D eigenvalue weighted by atomic mass is 10.3. The van der Waals surface area contributed by atoms with Gasteiger partial charge in [0.1, 0.15) is 5.82 Å². The number of nitrogens with zero attached hydrogens (tertiary/aromatic N) is 2. The molecule has 0 atom stereocenters. The van der Waals surface area contributed by atoms with Crippen molar-refractivity contribution in [2.24, 2.45) is 0 Å². The minimum absolute atomic E-state index is 0.177. The van der Waals surface area contributed by atoms with Crippen LogP contribution in [0.25, 0.3) is 0 Å². The first-order chi connectivity index (χ1) is 8.56. The molecule has 0 aliphatic rings. The molecule has 0 fully saturated rings. The maximum atomic E-state index is 11.3. The Bertz CT molecular complexity index is 388. The van der Waals surface area contributed by atoms with Crippen LogP contribution in [0, 0.1) is 0 Å². The average molecular weight is 255 g/mol. The van der Waals surface area contributed by atoms with E-state index in [1.54, 1.807) is 10.9 Å². The molecule has 0 saturated heterocycles. The summed E-state index contributed by atoms with van der Waals surface area (Å²) < 4.78 is 11.8. The average Bonchev–Trinajstić information content (AvgIpc) is 2.69. The predicted molar refractivity (Wildman–Crippen MR) is 68.3 cm³/mol. The van der Waals surface area contributed by atoms with Crippen LogP contribution < -0.4 is 5.73 Å². The number of esters is 1. The Balaban J connectivity index is 2.39. The quantitative estimate of drug-likeness (QED) is 0.589. The summed E-state index contributed by atoms with van der Waals surface area (Å²) in [5, 5.41) is 0. The topological polar surface area (TPSA) is 79.4 Å². The highest BCUT2D eigenvalue weighted by Gasteiger charge is 2.15. The number of aryl methyl sites for hydroxylation is 1. The zero-order chi connectivity index (χ0) is 13.5. The Morgan fingerprint density at radius 1 is 1.50 bits per heavy atom. The summed E-state index contributed by atoms with van der Waals surface area (Å²) in [6.07, 6.45) is 3.69. The van der Waals surface area contributed by atoms with E-state index in [1.165, 1.54) is 7.11 Å². The summed E-state index contributed by atoms with van der Waals surface area (Å²) in [5.74, 6) is -0.152. The molecule has 0 spiro atoms. The van der Waals surface area contributed by atoms with E-state index in [-0.39, 0.29) is 11.8 Å². The Morgan fingerprint density at radius 3 is 2.83 bits per heavy atom. The van der Waals surface area contributed by atoms with Crippen molar-refractivity contribution in [3.05, 3.63) is 12.0 Å². The van der Waals surface area contributed by atoms with Crippen molar-refractivity contribution >= 4 is 11.8 Å². The van der Waals surface area contributed by atoms with Gasteiger partial charge in [-0.05, 0) is 26.7 Å². The first-order valence-corrected chi connectivity index (χ1v) is 6.06. The van der Waals surface area contributed by atoms with Crippen LogP contribution in [0.1, 0.15) is 37.2 Å². The predicted octanol–water partition coefficient (Wildman–Crippen LogP) is 1.46. The first kappa shape index (κ1) is 14.5. The zero-order valence-corrected chi connectivity index (χ0v) is 11.2. The van der Waals surface area contributed by atoms with Crippen LogP contribution >= 0.6 is 0 Å². The van der Waals surface area contributed by atoms with E-state index < -0.39 is 5.97 Å². The lowest BCUT2D eigenvalue weighted by molar-refractivity contribution is 0.0595. The molecule has 0 unspecified atom stereocenters. The van der Waals surface area contributed by atoms with E-state index in [0.29, 0.717) is 5.82 Å². The van der Waals surface area contributed by atoms with Gasteiger partial charge < -0.3 is 19.8 Å². The van der Waals surface area contributed by atoms with Crippen molar-refractivity contribution in [1.29, 1.82) is 0 Å². The summed E-state index contributed by atoms with van der Waals surface area (Å²) in [6, 6.07) is 0. The van der Waals surface area contributed by atoms with Crippen molar-refractivity contribution in [1.82, 2.24) is 9.55 Å². The SMILES string of the molecule is COC(=O)c1ncn(CCCCOC(C)C)c1N. The third-order valence-corrected chi connectivity index (χ3v) is 2.50. The Labute approximate surface area is 107 Å². The summed E-state index contributed by atoms with van der Waals surface area (Å²) in [5.41, 5.74) is 5.99. The molecule has 1 aromatic rings. The van der Waals surface area contributed by atoms with Crippen molar-refractivity contribution in [3.8, 4) is 0 Å². The Kier molecular flexibility index (Phi) is 5.64. The number of imidazole rings is 1. The normalized spacial score (nSPS) is 10.9. The van der Waals surface area contributed by atoms with Gasteiger partial charge in [-0.2, -0.15) is 0 Å². The number of hydrogen-bond donors (Lipinski definition) is 1. The third kappa shape index (κ3) is 4.03. The summed E-state index contributed by atoms with van der Waals surface area (Å²) in [4.78, 5) is 15.2. The Morgan fingerprint density at radius 2 is 2.22 bits per heavy atom. The van der Waals surface area contributed by atoms with Gasteiger partial charge in [0.05, 0.1) is 19.5 Å². The number of unbranched alkanes of at least 4 members (excludes halogenated alkanes) is 1. The van der Waals surface area contributed by atoms with Gasteiger partial charge in [0, 0.05) is 13.2 Å².